The van der Waals surface area contributed by atoms with Crippen molar-refractivity contribution in [2.75, 3.05) is 0 Å². The number of aromatic nitrogens is 2. The fourth-order valence-corrected chi connectivity index (χ4v) is 3.12. The van der Waals surface area contributed by atoms with Crippen molar-refractivity contribution in [2.45, 2.75) is 5.88 Å². The van der Waals surface area contributed by atoms with E-state index in [9.17, 15) is 4.39 Å². The van der Waals surface area contributed by atoms with E-state index in [0.717, 1.165) is 26.7 Å². The Balaban J connectivity index is 2.07. The molecule has 0 spiro atoms. The van der Waals surface area contributed by atoms with Crippen molar-refractivity contribution in [3.8, 4) is 21.8 Å². The standard InChI is InChI=1S/C15H10ClFN2S/c16-9-13-14(10-1-3-12(17)4-2-10)19-15(20-13)11-5-7-18-8-6-11/h1-8H,9H2. The molecule has 0 radical (unpaired) electrons. The fraction of sp³-hybridized carbons (Fsp3) is 0.0667. The van der Waals surface area contributed by atoms with Crippen molar-refractivity contribution in [3.63, 3.8) is 0 Å². The molecule has 0 aliphatic carbocycles. The lowest BCUT2D eigenvalue weighted by atomic mass is 10.1. The highest BCUT2D eigenvalue weighted by Crippen LogP contribution is 2.34. The summed E-state index contributed by atoms with van der Waals surface area (Å²) < 4.78 is 13.0. The van der Waals surface area contributed by atoms with Gasteiger partial charge in [-0.05, 0) is 36.4 Å². The third-order valence-electron chi connectivity index (χ3n) is 2.86. The summed E-state index contributed by atoms with van der Waals surface area (Å²) in [6, 6.07) is 10.1. The van der Waals surface area contributed by atoms with Gasteiger partial charge in [0.2, 0.25) is 0 Å². The van der Waals surface area contributed by atoms with Crippen LogP contribution in [0.2, 0.25) is 0 Å². The first kappa shape index (κ1) is 13.2. The number of thiazole rings is 1. The summed E-state index contributed by atoms with van der Waals surface area (Å²) in [6.45, 7) is 0. The van der Waals surface area contributed by atoms with Gasteiger partial charge in [-0.15, -0.1) is 22.9 Å². The number of rotatable bonds is 3. The topological polar surface area (TPSA) is 25.8 Å². The van der Waals surface area contributed by atoms with E-state index in [1.807, 2.05) is 12.1 Å². The second-order valence-corrected chi connectivity index (χ2v) is 5.52. The number of halogens is 2. The molecule has 2 nitrogen and oxygen atoms in total. The lowest BCUT2D eigenvalue weighted by molar-refractivity contribution is 0.628. The van der Waals surface area contributed by atoms with Crippen LogP contribution in [-0.2, 0) is 5.88 Å². The molecule has 2 aromatic heterocycles. The van der Waals surface area contributed by atoms with Crippen molar-refractivity contribution >= 4 is 22.9 Å². The van der Waals surface area contributed by atoms with E-state index in [4.69, 9.17) is 11.6 Å². The van der Waals surface area contributed by atoms with Crippen LogP contribution >= 0.6 is 22.9 Å². The van der Waals surface area contributed by atoms with Crippen LogP contribution in [0.5, 0.6) is 0 Å². The lowest BCUT2D eigenvalue weighted by Crippen LogP contribution is -1.84. The molecule has 0 bridgehead atoms. The molecular weight excluding hydrogens is 295 g/mol. The number of pyridine rings is 1. The quantitative estimate of drug-likeness (QED) is 0.653. The Hall–Kier alpha value is -1.78. The Morgan fingerprint density at radius 1 is 1.00 bits per heavy atom. The van der Waals surface area contributed by atoms with Gasteiger partial charge in [0.05, 0.1) is 11.6 Å². The van der Waals surface area contributed by atoms with E-state index in [2.05, 4.69) is 9.97 Å². The van der Waals surface area contributed by atoms with Gasteiger partial charge in [-0.3, -0.25) is 4.98 Å². The second kappa shape index (κ2) is 5.69. The highest BCUT2D eigenvalue weighted by molar-refractivity contribution is 7.15. The first-order valence-corrected chi connectivity index (χ1v) is 7.35. The molecule has 0 saturated heterocycles. The van der Waals surface area contributed by atoms with Gasteiger partial charge in [0.1, 0.15) is 10.8 Å². The molecule has 1 aromatic carbocycles. The van der Waals surface area contributed by atoms with Gasteiger partial charge in [-0.2, -0.15) is 0 Å². The minimum absolute atomic E-state index is 0.259. The summed E-state index contributed by atoms with van der Waals surface area (Å²) in [6.07, 6.45) is 3.46. The van der Waals surface area contributed by atoms with Crippen LogP contribution in [0.3, 0.4) is 0 Å². The van der Waals surface area contributed by atoms with Crippen LogP contribution in [0.4, 0.5) is 4.39 Å². The van der Waals surface area contributed by atoms with Crippen LogP contribution in [0.1, 0.15) is 4.88 Å². The minimum Gasteiger partial charge on any atom is -0.265 e. The smallest absolute Gasteiger partial charge is 0.124 e. The Labute approximate surface area is 124 Å². The van der Waals surface area contributed by atoms with Crippen LogP contribution < -0.4 is 0 Å². The van der Waals surface area contributed by atoms with E-state index in [1.165, 1.54) is 12.1 Å². The maximum atomic E-state index is 13.0. The second-order valence-electron chi connectivity index (χ2n) is 4.17. The van der Waals surface area contributed by atoms with Gasteiger partial charge in [0.25, 0.3) is 0 Å². The van der Waals surface area contributed by atoms with Gasteiger partial charge in [-0.25, -0.2) is 9.37 Å². The van der Waals surface area contributed by atoms with E-state index < -0.39 is 0 Å². The van der Waals surface area contributed by atoms with Crippen LogP contribution in [0.15, 0.2) is 48.8 Å². The van der Waals surface area contributed by atoms with E-state index >= 15 is 0 Å². The Kier molecular flexibility index (Phi) is 3.76. The first-order valence-electron chi connectivity index (χ1n) is 6.00. The minimum atomic E-state index is -0.259. The summed E-state index contributed by atoms with van der Waals surface area (Å²) in [5.41, 5.74) is 2.69. The monoisotopic (exact) mass is 304 g/mol. The van der Waals surface area contributed by atoms with Crippen molar-refractivity contribution in [2.24, 2.45) is 0 Å². The highest BCUT2D eigenvalue weighted by atomic mass is 35.5. The molecule has 0 aliphatic heterocycles. The molecule has 3 aromatic rings. The van der Waals surface area contributed by atoms with Crippen LogP contribution in [-0.4, -0.2) is 9.97 Å². The molecular formula is C15H10ClFN2S. The number of hydrogen-bond acceptors (Lipinski definition) is 3. The van der Waals surface area contributed by atoms with E-state index in [1.54, 1.807) is 35.9 Å². The van der Waals surface area contributed by atoms with Crippen molar-refractivity contribution in [1.82, 2.24) is 9.97 Å². The number of alkyl halides is 1. The van der Waals surface area contributed by atoms with Gasteiger partial charge in [0.15, 0.2) is 0 Å². The molecule has 0 atom stereocenters. The summed E-state index contributed by atoms with van der Waals surface area (Å²) >= 11 is 7.55. The average molecular weight is 305 g/mol. The highest BCUT2D eigenvalue weighted by Gasteiger charge is 2.13. The van der Waals surface area contributed by atoms with E-state index in [-0.39, 0.29) is 5.82 Å². The van der Waals surface area contributed by atoms with Crippen molar-refractivity contribution < 1.29 is 4.39 Å². The third-order valence-corrected chi connectivity index (χ3v) is 4.39. The molecule has 100 valence electrons. The van der Waals surface area contributed by atoms with Gasteiger partial charge in [0, 0.05) is 28.4 Å². The molecule has 2 heterocycles. The number of nitrogens with zero attached hydrogens (tertiary/aromatic N) is 2. The largest absolute Gasteiger partial charge is 0.265 e. The maximum Gasteiger partial charge on any atom is 0.124 e. The number of benzene rings is 1. The summed E-state index contributed by atoms with van der Waals surface area (Å²) in [5.74, 6) is 0.126. The van der Waals surface area contributed by atoms with Gasteiger partial charge in [-0.1, -0.05) is 0 Å². The average Bonchev–Trinajstić information content (AvgIpc) is 2.93. The SMILES string of the molecule is Fc1ccc(-c2nc(-c3ccncc3)sc2CCl)cc1. The Morgan fingerprint density at radius 2 is 1.70 bits per heavy atom. The van der Waals surface area contributed by atoms with Gasteiger partial charge >= 0.3 is 0 Å². The zero-order chi connectivity index (χ0) is 13.9. The Morgan fingerprint density at radius 3 is 2.35 bits per heavy atom. The van der Waals surface area contributed by atoms with Crippen LogP contribution in [0, 0.1) is 5.82 Å². The summed E-state index contributed by atoms with van der Waals surface area (Å²) in [7, 11) is 0. The summed E-state index contributed by atoms with van der Waals surface area (Å²) in [4.78, 5) is 9.61. The van der Waals surface area contributed by atoms with Crippen LogP contribution in [0.25, 0.3) is 21.8 Å². The molecule has 0 aliphatic rings. The predicted molar refractivity (Wildman–Crippen MR) is 80.3 cm³/mol. The molecule has 5 heteroatoms. The molecule has 0 fully saturated rings. The molecule has 0 saturated carbocycles. The zero-order valence-electron chi connectivity index (χ0n) is 10.4. The van der Waals surface area contributed by atoms with E-state index in [0.29, 0.717) is 5.88 Å². The van der Waals surface area contributed by atoms with Crippen molar-refractivity contribution in [1.29, 1.82) is 0 Å². The zero-order valence-corrected chi connectivity index (χ0v) is 12.0. The molecule has 0 unspecified atom stereocenters. The fourth-order valence-electron chi connectivity index (χ4n) is 1.89. The Bertz CT molecular complexity index is 710. The molecule has 3 rings (SSSR count). The number of hydrogen-bond donors (Lipinski definition) is 0. The maximum absolute atomic E-state index is 13.0. The van der Waals surface area contributed by atoms with Gasteiger partial charge < -0.3 is 0 Å². The normalized spacial score (nSPS) is 10.7. The third kappa shape index (κ3) is 2.57. The predicted octanol–water partition coefficient (Wildman–Crippen LogP) is 4.75. The first-order chi connectivity index (χ1) is 9.78. The molecule has 20 heavy (non-hydrogen) atoms. The molecule has 0 amide bonds. The summed E-state index contributed by atoms with van der Waals surface area (Å²) in [5, 5.41) is 0.891. The van der Waals surface area contributed by atoms with Crippen molar-refractivity contribution in [3.05, 3.63) is 59.5 Å². The lowest BCUT2D eigenvalue weighted by Gasteiger charge is -1.99. The molecule has 0 N–H and O–H groups in total.